The molecule has 0 atom stereocenters. The molecule has 0 radical (unpaired) electrons. The van der Waals surface area contributed by atoms with Crippen LogP contribution in [-0.4, -0.2) is 37.7 Å². The number of carbonyl (C=O) groups excluding carboxylic acids is 1. The second kappa shape index (κ2) is 8.51. The third-order valence-electron chi connectivity index (χ3n) is 3.51. The van der Waals surface area contributed by atoms with Gasteiger partial charge in [-0.2, -0.15) is 13.2 Å². The molecule has 0 bridgehead atoms. The van der Waals surface area contributed by atoms with Crippen LogP contribution in [0.2, 0.25) is 0 Å². The van der Waals surface area contributed by atoms with E-state index in [0.717, 1.165) is 44.7 Å². The van der Waals surface area contributed by atoms with Crippen molar-refractivity contribution >= 4 is 11.5 Å². The highest BCUT2D eigenvalue weighted by Crippen LogP contribution is 2.39. The molecule has 0 N–H and O–H groups in total. The highest BCUT2D eigenvalue weighted by Gasteiger charge is 2.35. The summed E-state index contributed by atoms with van der Waals surface area (Å²) in [6, 6.07) is 3.54. The van der Waals surface area contributed by atoms with Gasteiger partial charge >= 0.3 is 18.5 Å². The van der Waals surface area contributed by atoms with Crippen LogP contribution in [-0.2, 0) is 4.74 Å². The molecule has 0 saturated heterocycles. The Bertz CT molecular complexity index is 955. The van der Waals surface area contributed by atoms with Gasteiger partial charge in [-0.25, -0.2) is 4.79 Å². The molecule has 12 heteroatoms. The fourth-order valence-corrected chi connectivity index (χ4v) is 2.14. The Morgan fingerprint density at radius 2 is 1.67 bits per heavy atom. The average Bonchev–Trinajstić information content (AvgIpc) is 2.66. The summed E-state index contributed by atoms with van der Waals surface area (Å²) in [5.41, 5.74) is -2.28. The second-order valence-electron chi connectivity index (χ2n) is 5.50. The first-order chi connectivity index (χ1) is 13.9. The van der Waals surface area contributed by atoms with Gasteiger partial charge in [0.1, 0.15) is 17.1 Å². The molecule has 0 amide bonds. The number of esters is 1. The molecule has 1 aromatic heterocycles. The second-order valence-corrected chi connectivity index (χ2v) is 5.50. The van der Waals surface area contributed by atoms with Gasteiger partial charge in [0.2, 0.25) is 0 Å². The number of rotatable bonds is 6. The van der Waals surface area contributed by atoms with E-state index in [1.54, 1.807) is 0 Å². The van der Waals surface area contributed by atoms with Crippen molar-refractivity contribution in [1.29, 1.82) is 0 Å². The van der Waals surface area contributed by atoms with E-state index in [0.29, 0.717) is 0 Å². The van der Waals surface area contributed by atoms with Crippen LogP contribution in [0.25, 0.3) is 5.57 Å². The summed E-state index contributed by atoms with van der Waals surface area (Å²) >= 11 is 0. The first-order valence-corrected chi connectivity index (χ1v) is 7.82. The lowest BCUT2D eigenvalue weighted by Gasteiger charge is -2.16. The zero-order valence-electron chi connectivity index (χ0n) is 15.4. The maximum Gasteiger partial charge on any atom is 0.573 e. The monoisotopic (exact) mass is 437 g/mol. The Labute approximate surface area is 165 Å². The number of halogens is 6. The summed E-state index contributed by atoms with van der Waals surface area (Å²) < 4.78 is 94.5. The Balaban J connectivity index is 2.49. The molecule has 0 aliphatic rings. The number of benzene rings is 1. The van der Waals surface area contributed by atoms with Crippen LogP contribution in [0.15, 0.2) is 37.0 Å². The number of hydrogen-bond donors (Lipinski definition) is 0. The van der Waals surface area contributed by atoms with Crippen molar-refractivity contribution in [2.45, 2.75) is 12.5 Å². The normalized spacial score (nSPS) is 11.6. The van der Waals surface area contributed by atoms with Crippen LogP contribution in [0.4, 0.5) is 26.3 Å². The van der Waals surface area contributed by atoms with Crippen molar-refractivity contribution in [3.8, 4) is 23.0 Å². The average molecular weight is 437 g/mol. The molecule has 1 aromatic carbocycles. The summed E-state index contributed by atoms with van der Waals surface area (Å²) in [5, 5.41) is 0. The van der Waals surface area contributed by atoms with E-state index in [-0.39, 0.29) is 17.1 Å². The molecule has 30 heavy (non-hydrogen) atoms. The molecular formula is C18H13F6NO5. The Kier molecular flexibility index (Phi) is 6.48. The van der Waals surface area contributed by atoms with Crippen LogP contribution in [0.5, 0.6) is 23.0 Å². The molecule has 0 saturated carbocycles. The molecule has 0 spiro atoms. The molecule has 0 aliphatic heterocycles. The number of alkyl halides is 6. The maximum atomic E-state index is 12.9. The third-order valence-corrected chi connectivity index (χ3v) is 3.51. The highest BCUT2D eigenvalue weighted by atomic mass is 19.4. The highest BCUT2D eigenvalue weighted by molar-refractivity contribution is 5.92. The van der Waals surface area contributed by atoms with Crippen LogP contribution in [0.1, 0.15) is 16.1 Å². The fraction of sp³-hybridized carbons (Fsp3) is 0.222. The largest absolute Gasteiger partial charge is 0.573 e. The Hall–Kier alpha value is -3.44. The van der Waals surface area contributed by atoms with Crippen molar-refractivity contribution in [1.82, 2.24) is 4.98 Å². The molecule has 0 fully saturated rings. The fourth-order valence-electron chi connectivity index (χ4n) is 2.14. The number of allylic oxidation sites excluding steroid dienone is 1. The van der Waals surface area contributed by atoms with Gasteiger partial charge in [0, 0.05) is 18.3 Å². The Morgan fingerprint density at radius 3 is 2.20 bits per heavy atom. The molecule has 162 valence electrons. The van der Waals surface area contributed by atoms with Crippen LogP contribution < -0.4 is 14.2 Å². The molecule has 0 unspecified atom stereocenters. The molecule has 2 rings (SSSR count). The van der Waals surface area contributed by atoms with E-state index in [1.807, 2.05) is 0 Å². The summed E-state index contributed by atoms with van der Waals surface area (Å²) in [6.07, 6.45) is -8.96. The minimum Gasteiger partial charge on any atom is -0.493 e. The number of aromatic nitrogens is 1. The summed E-state index contributed by atoms with van der Waals surface area (Å²) in [4.78, 5) is 15.4. The maximum absolute atomic E-state index is 12.9. The van der Waals surface area contributed by atoms with Gasteiger partial charge in [-0.3, -0.25) is 4.98 Å². The number of hydrogen-bond acceptors (Lipinski definition) is 6. The first kappa shape index (κ1) is 22.8. The van der Waals surface area contributed by atoms with E-state index in [9.17, 15) is 31.1 Å². The zero-order valence-corrected chi connectivity index (χ0v) is 15.4. The van der Waals surface area contributed by atoms with Gasteiger partial charge in [0.15, 0.2) is 11.5 Å². The van der Waals surface area contributed by atoms with Crippen LogP contribution in [0, 0.1) is 0 Å². The summed E-state index contributed by atoms with van der Waals surface area (Å²) in [7, 11) is 2.14. The van der Waals surface area contributed by atoms with E-state index in [2.05, 4.69) is 21.0 Å². The van der Waals surface area contributed by atoms with Crippen molar-refractivity contribution in [3.05, 3.63) is 48.3 Å². The van der Waals surface area contributed by atoms with Gasteiger partial charge in [-0.15, -0.1) is 13.2 Å². The quantitative estimate of drug-likeness (QED) is 0.461. The van der Waals surface area contributed by atoms with Gasteiger partial charge < -0.3 is 18.9 Å². The van der Waals surface area contributed by atoms with Crippen molar-refractivity contribution in [3.63, 3.8) is 0 Å². The molecular weight excluding hydrogens is 424 g/mol. The zero-order chi connectivity index (χ0) is 22.7. The molecule has 0 aliphatic carbocycles. The van der Waals surface area contributed by atoms with E-state index in [4.69, 9.17) is 9.47 Å². The standard InChI is InChI=1S/C18H13F6NO5/c1-9(17(19,20)21)12-7-14(11(8-25-12)16(26)28-3)29-13-5-4-10(6-15(13)27-2)30-18(22,23)24/h4-8H,1H2,2-3H3. The topological polar surface area (TPSA) is 66.9 Å². The van der Waals surface area contributed by atoms with Crippen molar-refractivity contribution < 1.29 is 50.1 Å². The number of carbonyl (C=O) groups is 1. The van der Waals surface area contributed by atoms with E-state index < -0.39 is 41.3 Å². The number of pyridine rings is 1. The van der Waals surface area contributed by atoms with Gasteiger partial charge in [-0.1, -0.05) is 6.58 Å². The predicted octanol–water partition coefficient (Wildman–Crippen LogP) is 5.14. The molecule has 6 nitrogen and oxygen atoms in total. The van der Waals surface area contributed by atoms with E-state index in [1.165, 1.54) is 0 Å². The Morgan fingerprint density at radius 1 is 1.00 bits per heavy atom. The number of ether oxygens (including phenoxy) is 4. The minimum atomic E-state index is -4.95. The van der Waals surface area contributed by atoms with Crippen LogP contribution in [0.3, 0.4) is 0 Å². The van der Waals surface area contributed by atoms with Gasteiger partial charge in [-0.05, 0) is 12.1 Å². The number of nitrogens with zero attached hydrogens (tertiary/aromatic N) is 1. The summed E-state index contributed by atoms with van der Waals surface area (Å²) in [5.74, 6) is -2.48. The van der Waals surface area contributed by atoms with E-state index >= 15 is 0 Å². The smallest absolute Gasteiger partial charge is 0.493 e. The SMILES string of the molecule is C=C(c1cc(Oc2ccc(OC(F)(F)F)cc2OC)c(C(=O)OC)cn1)C(F)(F)F. The lowest BCUT2D eigenvalue weighted by atomic mass is 10.1. The van der Waals surface area contributed by atoms with Crippen molar-refractivity contribution in [2.75, 3.05) is 14.2 Å². The first-order valence-electron chi connectivity index (χ1n) is 7.82. The van der Waals surface area contributed by atoms with Gasteiger partial charge in [0.25, 0.3) is 0 Å². The van der Waals surface area contributed by atoms with Crippen LogP contribution >= 0.6 is 0 Å². The molecule has 2 aromatic rings. The van der Waals surface area contributed by atoms with Gasteiger partial charge in [0.05, 0.1) is 25.5 Å². The third kappa shape index (κ3) is 5.55. The van der Waals surface area contributed by atoms with Crippen molar-refractivity contribution in [2.24, 2.45) is 0 Å². The summed E-state index contributed by atoms with van der Waals surface area (Å²) in [6.45, 7) is 2.91. The lowest BCUT2D eigenvalue weighted by Crippen LogP contribution is -2.17. The predicted molar refractivity (Wildman–Crippen MR) is 90.4 cm³/mol. The minimum absolute atomic E-state index is 0.216. The molecule has 1 heterocycles. The lowest BCUT2D eigenvalue weighted by molar-refractivity contribution is -0.274. The number of methoxy groups -OCH3 is 2.